The molecule has 6 heteroatoms. The molecule has 0 amide bonds. The van der Waals surface area contributed by atoms with Gasteiger partial charge in [0.1, 0.15) is 5.78 Å². The summed E-state index contributed by atoms with van der Waals surface area (Å²) in [5.41, 5.74) is -1.51. The molecule has 5 nitrogen and oxygen atoms in total. The molecule has 2 unspecified atom stereocenters. The largest absolute Gasteiger partial charge is 0.726 e. The third-order valence-corrected chi connectivity index (χ3v) is 7.82. The van der Waals surface area contributed by atoms with Crippen molar-refractivity contribution in [1.82, 2.24) is 0 Å². The van der Waals surface area contributed by atoms with E-state index < -0.39 is 58.8 Å². The van der Waals surface area contributed by atoms with Gasteiger partial charge in [-0.1, -0.05) is 13.8 Å². The fraction of sp³-hybridized carbons (Fsp3) is 0.947. The number of rotatable bonds is 2. The first-order chi connectivity index (χ1) is 13.9. The third-order valence-electron chi connectivity index (χ3n) is 7.45. The number of hydrogen-bond donors (Lipinski definition) is 0. The Balaban J connectivity index is 1.80. The van der Waals surface area contributed by atoms with Crippen molar-refractivity contribution >= 4 is 16.2 Å². The minimum atomic E-state index is -5.56. The van der Waals surface area contributed by atoms with E-state index in [1.165, 1.54) is 0 Å². The maximum atomic E-state index is 12.6. The minimum absolute atomic E-state index is 0.0389. The molecule has 8 atom stereocenters. The summed E-state index contributed by atoms with van der Waals surface area (Å²) in [6, 6.07) is 0. The number of carbonyl (C=O) groups is 1. The lowest BCUT2D eigenvalue weighted by molar-refractivity contribution is -0.141. The molecule has 142 valence electrons. The lowest BCUT2D eigenvalue weighted by atomic mass is 9.45. The van der Waals surface area contributed by atoms with E-state index in [1.807, 2.05) is 6.92 Å². The monoisotopic (exact) mass is 375 g/mol. The van der Waals surface area contributed by atoms with Crippen LogP contribution in [0.15, 0.2) is 0 Å². The Morgan fingerprint density at radius 1 is 1.24 bits per heavy atom. The summed E-state index contributed by atoms with van der Waals surface area (Å²) in [5, 5.41) is 0. The van der Waals surface area contributed by atoms with Gasteiger partial charge in [-0.05, 0) is 80.3 Å². The van der Waals surface area contributed by atoms with E-state index in [0.29, 0.717) is 32.1 Å². The molecule has 0 heterocycles. The van der Waals surface area contributed by atoms with Crippen LogP contribution in [0.4, 0.5) is 0 Å². The zero-order valence-electron chi connectivity index (χ0n) is 20.6. The van der Waals surface area contributed by atoms with Gasteiger partial charge in [0, 0.05) is 18.7 Å². The van der Waals surface area contributed by atoms with Crippen LogP contribution in [0.2, 0.25) is 0 Å². The molecule has 25 heavy (non-hydrogen) atoms. The van der Waals surface area contributed by atoms with Crippen LogP contribution in [0.1, 0.15) is 79.7 Å². The second-order valence-electron chi connectivity index (χ2n) is 8.57. The van der Waals surface area contributed by atoms with Gasteiger partial charge in [0.05, 0.1) is 7.45 Å². The number of fused-ring (bicyclic) bond motifs is 5. The zero-order valence-corrected chi connectivity index (χ0v) is 15.4. The molecule has 0 spiro atoms. The van der Waals surface area contributed by atoms with E-state index in [0.717, 1.165) is 0 Å². The van der Waals surface area contributed by atoms with Crippen molar-refractivity contribution in [3.05, 3.63) is 0 Å². The summed E-state index contributed by atoms with van der Waals surface area (Å²) in [6.07, 6.45) is -7.71. The number of carbonyl (C=O) groups excluding carboxylic acids is 1. The molecule has 0 aromatic heterocycles. The first-order valence-electron chi connectivity index (χ1n) is 12.1. The number of ketones is 1. The Morgan fingerprint density at radius 3 is 2.72 bits per heavy atom. The van der Waals surface area contributed by atoms with Crippen molar-refractivity contribution in [2.75, 3.05) is 0 Å². The molecule has 0 bridgehead atoms. The lowest BCUT2D eigenvalue weighted by Gasteiger charge is -2.60. The van der Waals surface area contributed by atoms with Gasteiger partial charge in [-0.15, -0.1) is 0 Å². The summed E-state index contributed by atoms with van der Waals surface area (Å²) in [6.45, 7) is 3.70. The predicted octanol–water partition coefficient (Wildman–Crippen LogP) is 3.44. The van der Waals surface area contributed by atoms with Crippen molar-refractivity contribution in [1.29, 1.82) is 0 Å². The van der Waals surface area contributed by atoms with Crippen LogP contribution < -0.4 is 0 Å². The molecule has 0 radical (unpaired) electrons. The molecule has 0 aliphatic heterocycles. The van der Waals surface area contributed by atoms with Gasteiger partial charge in [0.25, 0.3) is 0 Å². The molecule has 4 rings (SSSR count). The Labute approximate surface area is 159 Å². The van der Waals surface area contributed by atoms with Gasteiger partial charge in [0.2, 0.25) is 10.4 Å². The van der Waals surface area contributed by atoms with Crippen LogP contribution in [0.5, 0.6) is 0 Å². The van der Waals surface area contributed by atoms with Gasteiger partial charge in [0.15, 0.2) is 0 Å². The summed E-state index contributed by atoms with van der Waals surface area (Å²) in [5.74, 6) is -1.12. The standard InChI is InChI=1S/C19H30O5S/c1-18-9-7-13(24-25(21,22)23)11-12(18)3-4-14-15-5-6-17(20)19(15,2)10-8-16(14)18/h12-16H,3-11H2,1-2H3,(H,21,22,23)/p-1/t12?,13-,14-,15-,16-,18-,19-/m0/s1/i3D,7D2,11D2,13D/t3?,12?,13-,14-,15-,16-,18-,19-. The molecular weight excluding hydrogens is 340 g/mol. The smallest absolute Gasteiger partial charge is 0.217 e. The highest BCUT2D eigenvalue weighted by Crippen LogP contribution is 2.65. The van der Waals surface area contributed by atoms with E-state index in [4.69, 9.17) is 8.22 Å². The highest BCUT2D eigenvalue weighted by Gasteiger charge is 2.60. The highest BCUT2D eigenvalue weighted by atomic mass is 32.3. The molecule has 4 aliphatic rings. The molecule has 0 aromatic rings. The first kappa shape index (κ1) is 12.1. The maximum absolute atomic E-state index is 12.6. The Kier molecular flexibility index (Phi) is 2.79. The molecule has 0 N–H and O–H groups in total. The zero-order chi connectivity index (χ0) is 23.4. The summed E-state index contributed by atoms with van der Waals surface area (Å²) in [7, 11) is -5.56. The number of hydrogen-bond acceptors (Lipinski definition) is 5. The highest BCUT2D eigenvalue weighted by molar-refractivity contribution is 7.80. The third kappa shape index (κ3) is 2.79. The van der Waals surface area contributed by atoms with Crippen molar-refractivity contribution in [2.24, 2.45) is 34.5 Å². The molecular formula is C19H29O5S-. The molecule has 4 aliphatic carbocycles. The van der Waals surface area contributed by atoms with Gasteiger partial charge >= 0.3 is 0 Å². The van der Waals surface area contributed by atoms with E-state index in [2.05, 4.69) is 4.18 Å². The quantitative estimate of drug-likeness (QED) is 0.545. The van der Waals surface area contributed by atoms with E-state index in [-0.39, 0.29) is 23.5 Å². The van der Waals surface area contributed by atoms with Gasteiger partial charge in [-0.25, -0.2) is 8.42 Å². The van der Waals surface area contributed by atoms with E-state index in [9.17, 15) is 17.8 Å². The maximum Gasteiger partial charge on any atom is 0.217 e. The number of Topliss-reactive ketones (excluding diaryl/α,β-unsaturated/α-hetero) is 1. The summed E-state index contributed by atoms with van der Waals surface area (Å²) < 4.78 is 89.6. The second kappa shape index (κ2) is 5.77. The van der Waals surface area contributed by atoms with Crippen LogP contribution in [0, 0.1) is 34.5 Å². The van der Waals surface area contributed by atoms with Crippen molar-refractivity contribution in [3.63, 3.8) is 0 Å². The Hall–Kier alpha value is -0.460. The Morgan fingerprint density at radius 2 is 2.00 bits per heavy atom. The second-order valence-corrected chi connectivity index (χ2v) is 9.55. The van der Waals surface area contributed by atoms with Gasteiger partial charge in [-0.2, -0.15) is 0 Å². The van der Waals surface area contributed by atoms with Crippen LogP contribution in [0.3, 0.4) is 0 Å². The summed E-state index contributed by atoms with van der Waals surface area (Å²) in [4.78, 5) is 12.6. The molecule has 0 aromatic carbocycles. The van der Waals surface area contributed by atoms with E-state index >= 15 is 0 Å². The molecule has 4 saturated carbocycles. The van der Waals surface area contributed by atoms with Crippen LogP contribution in [-0.4, -0.2) is 24.8 Å². The van der Waals surface area contributed by atoms with E-state index in [1.54, 1.807) is 6.92 Å². The van der Waals surface area contributed by atoms with Gasteiger partial charge in [-0.3, -0.25) is 8.98 Å². The van der Waals surface area contributed by atoms with Crippen molar-refractivity contribution < 1.29 is 30.2 Å². The first-order valence-corrected chi connectivity index (χ1v) is 10.4. The average molecular weight is 376 g/mol. The summed E-state index contributed by atoms with van der Waals surface area (Å²) >= 11 is 0. The SMILES string of the molecule is [2H]C1C[C@@H]2[C@H](CC[C@]3(C)C(=O)CC[C@@H]23)[C@@]2(C)CC([2H])([2H])[C@]([2H])(OS(=O)(=O)[O-])C([2H])([2H])C12. The van der Waals surface area contributed by atoms with Crippen LogP contribution in [0.25, 0.3) is 0 Å². The van der Waals surface area contributed by atoms with Crippen molar-refractivity contribution in [2.45, 2.75) is 77.6 Å². The lowest BCUT2D eigenvalue weighted by Crippen LogP contribution is -2.54. The fourth-order valence-electron chi connectivity index (χ4n) is 6.08. The van der Waals surface area contributed by atoms with Crippen LogP contribution >= 0.6 is 0 Å². The average Bonchev–Trinajstić information content (AvgIpc) is 2.86. The van der Waals surface area contributed by atoms with Crippen molar-refractivity contribution in [3.8, 4) is 0 Å². The topological polar surface area (TPSA) is 83.5 Å². The molecule has 0 saturated heterocycles. The predicted molar refractivity (Wildman–Crippen MR) is 91.3 cm³/mol. The fourth-order valence-corrected chi connectivity index (χ4v) is 6.39. The van der Waals surface area contributed by atoms with Crippen LogP contribution in [-0.2, 0) is 19.4 Å². The van der Waals surface area contributed by atoms with Gasteiger partial charge < -0.3 is 4.55 Å². The normalized spacial score (nSPS) is 63.5. The molecule has 4 fully saturated rings. The Bertz CT molecular complexity index is 911. The minimum Gasteiger partial charge on any atom is -0.726 e.